The van der Waals surface area contributed by atoms with E-state index < -0.39 is 0 Å². The van der Waals surface area contributed by atoms with Crippen molar-refractivity contribution < 1.29 is 18.9 Å². The largest absolute Gasteiger partial charge is 0.491 e. The number of methoxy groups -OCH3 is 4. The SMILES string of the molecule is COc1cc2c(nc1OC)c(-c1cc3c(Cl)ccnc3[nH]1)cn2C.COc1cc2c(nc1OC)c(-c1cc3c(Cl)ccnc3n1C)cn2C. The Kier molecular flexibility index (Phi) is 8.21. The topological polar surface area (TPSA) is 119 Å². The minimum Gasteiger partial charge on any atom is -0.491 e. The van der Waals surface area contributed by atoms with Crippen molar-refractivity contribution >= 4 is 67.3 Å². The molecule has 14 heteroatoms. The predicted octanol–water partition coefficient (Wildman–Crippen LogP) is 7.58. The molecule has 8 heterocycles. The van der Waals surface area contributed by atoms with E-state index in [0.29, 0.717) is 33.3 Å². The first-order valence-corrected chi connectivity index (χ1v) is 15.8. The third kappa shape index (κ3) is 5.33. The van der Waals surface area contributed by atoms with Gasteiger partial charge < -0.3 is 37.6 Å². The normalized spacial score (nSPS) is 11.4. The molecule has 0 saturated heterocycles. The molecule has 0 bridgehead atoms. The van der Waals surface area contributed by atoms with Crippen LogP contribution in [-0.4, -0.2) is 67.1 Å². The van der Waals surface area contributed by atoms with Crippen LogP contribution < -0.4 is 18.9 Å². The highest BCUT2D eigenvalue weighted by Crippen LogP contribution is 2.39. The second-order valence-electron chi connectivity index (χ2n) is 11.3. The highest BCUT2D eigenvalue weighted by molar-refractivity contribution is 6.35. The van der Waals surface area contributed by atoms with Gasteiger partial charge in [0.25, 0.3) is 11.8 Å². The molecule has 0 aliphatic carbocycles. The van der Waals surface area contributed by atoms with Gasteiger partial charge in [-0.2, -0.15) is 0 Å². The molecule has 0 aliphatic rings. The maximum Gasteiger partial charge on any atom is 0.257 e. The summed E-state index contributed by atoms with van der Waals surface area (Å²) < 4.78 is 27.5. The summed E-state index contributed by atoms with van der Waals surface area (Å²) in [5.41, 5.74) is 8.95. The summed E-state index contributed by atoms with van der Waals surface area (Å²) in [6, 6.07) is 11.4. The smallest absolute Gasteiger partial charge is 0.257 e. The molecular weight excluding hydrogens is 667 g/mol. The number of hydrogen-bond acceptors (Lipinski definition) is 8. The molecule has 250 valence electrons. The van der Waals surface area contributed by atoms with Crippen molar-refractivity contribution in [1.29, 1.82) is 0 Å². The average molecular weight is 700 g/mol. The number of aryl methyl sites for hydroxylation is 3. The fourth-order valence-electron chi connectivity index (χ4n) is 6.07. The highest BCUT2D eigenvalue weighted by Gasteiger charge is 2.20. The minimum absolute atomic E-state index is 0.449. The lowest BCUT2D eigenvalue weighted by Crippen LogP contribution is -1.96. The maximum atomic E-state index is 6.33. The van der Waals surface area contributed by atoms with Crippen LogP contribution in [0.1, 0.15) is 0 Å². The van der Waals surface area contributed by atoms with Crippen LogP contribution in [0.25, 0.3) is 66.6 Å². The lowest BCUT2D eigenvalue weighted by Gasteiger charge is -2.07. The quantitative estimate of drug-likeness (QED) is 0.189. The van der Waals surface area contributed by atoms with E-state index >= 15 is 0 Å². The molecule has 0 atom stereocenters. The van der Waals surface area contributed by atoms with Crippen LogP contribution in [0.5, 0.6) is 23.3 Å². The van der Waals surface area contributed by atoms with Gasteiger partial charge in [-0.3, -0.25) is 0 Å². The van der Waals surface area contributed by atoms with Crippen LogP contribution in [0.2, 0.25) is 10.0 Å². The Morgan fingerprint density at radius 2 is 1.20 bits per heavy atom. The molecular formula is C35H32Cl2N8O4. The molecule has 12 nitrogen and oxygen atoms in total. The molecule has 0 unspecified atom stereocenters. The summed E-state index contributed by atoms with van der Waals surface area (Å²) >= 11 is 12.6. The van der Waals surface area contributed by atoms with E-state index in [1.54, 1.807) is 53.0 Å². The molecule has 8 aromatic heterocycles. The van der Waals surface area contributed by atoms with E-state index in [1.165, 1.54) is 0 Å². The molecule has 0 aromatic carbocycles. The zero-order chi connectivity index (χ0) is 34.6. The van der Waals surface area contributed by atoms with Crippen molar-refractivity contribution in [2.75, 3.05) is 28.4 Å². The van der Waals surface area contributed by atoms with Crippen molar-refractivity contribution in [3.8, 4) is 45.8 Å². The van der Waals surface area contributed by atoms with Gasteiger partial charge in [0.2, 0.25) is 0 Å². The van der Waals surface area contributed by atoms with Gasteiger partial charge in [0.05, 0.1) is 60.9 Å². The van der Waals surface area contributed by atoms with Crippen molar-refractivity contribution in [1.82, 2.24) is 38.6 Å². The Morgan fingerprint density at radius 1 is 0.653 bits per heavy atom. The van der Waals surface area contributed by atoms with Crippen LogP contribution in [-0.2, 0) is 21.1 Å². The van der Waals surface area contributed by atoms with Gasteiger partial charge in [-0.05, 0) is 24.3 Å². The number of fused-ring (bicyclic) bond motifs is 4. The molecule has 8 rings (SSSR count). The molecule has 1 N–H and O–H groups in total. The summed E-state index contributed by atoms with van der Waals surface area (Å²) in [5.74, 6) is 2.10. The summed E-state index contributed by atoms with van der Waals surface area (Å²) in [5, 5.41) is 3.14. The first-order chi connectivity index (χ1) is 23.7. The molecule has 0 aliphatic heterocycles. The summed E-state index contributed by atoms with van der Waals surface area (Å²) in [6.45, 7) is 0. The Bertz CT molecular complexity index is 2530. The molecule has 0 amide bonds. The van der Waals surface area contributed by atoms with Crippen molar-refractivity contribution in [2.24, 2.45) is 21.1 Å². The number of pyridine rings is 4. The summed E-state index contributed by atoms with van der Waals surface area (Å²) in [4.78, 5) is 21.3. The number of halogens is 2. The van der Waals surface area contributed by atoms with Crippen LogP contribution in [0.3, 0.4) is 0 Å². The minimum atomic E-state index is 0.449. The molecule has 8 aromatic rings. The van der Waals surface area contributed by atoms with E-state index in [4.69, 9.17) is 42.1 Å². The van der Waals surface area contributed by atoms with Crippen LogP contribution in [0.15, 0.2) is 61.2 Å². The fourth-order valence-corrected chi connectivity index (χ4v) is 6.47. The first kappa shape index (κ1) is 32.1. The van der Waals surface area contributed by atoms with Crippen LogP contribution in [0, 0.1) is 0 Å². The second-order valence-corrected chi connectivity index (χ2v) is 12.1. The van der Waals surface area contributed by atoms with E-state index in [0.717, 1.165) is 66.6 Å². The number of aromatic nitrogens is 8. The molecule has 49 heavy (non-hydrogen) atoms. The second kappa shape index (κ2) is 12.5. The van der Waals surface area contributed by atoms with Gasteiger partial charge in [-0.15, -0.1) is 0 Å². The third-order valence-corrected chi connectivity index (χ3v) is 9.19. The van der Waals surface area contributed by atoms with Gasteiger partial charge in [-0.1, -0.05) is 23.2 Å². The van der Waals surface area contributed by atoms with Gasteiger partial charge in [0.15, 0.2) is 11.5 Å². The Morgan fingerprint density at radius 3 is 1.76 bits per heavy atom. The lowest BCUT2D eigenvalue weighted by molar-refractivity contribution is 0.344. The number of hydrogen-bond donors (Lipinski definition) is 1. The zero-order valence-corrected chi connectivity index (χ0v) is 29.3. The number of rotatable bonds is 6. The number of nitrogens with one attached hydrogen (secondary N) is 1. The molecule has 0 radical (unpaired) electrons. The summed E-state index contributed by atoms with van der Waals surface area (Å²) in [6.07, 6.45) is 7.44. The number of H-pyrrole nitrogens is 1. The molecule has 0 fully saturated rings. The van der Waals surface area contributed by atoms with Gasteiger partial charge in [0.1, 0.15) is 22.3 Å². The van der Waals surface area contributed by atoms with Crippen molar-refractivity contribution in [2.45, 2.75) is 0 Å². The van der Waals surface area contributed by atoms with Crippen LogP contribution in [0.4, 0.5) is 0 Å². The zero-order valence-electron chi connectivity index (χ0n) is 27.8. The predicted molar refractivity (Wildman–Crippen MR) is 192 cm³/mol. The number of ether oxygens (including phenoxy) is 4. The monoisotopic (exact) mass is 698 g/mol. The van der Waals surface area contributed by atoms with Crippen molar-refractivity contribution in [3.63, 3.8) is 0 Å². The van der Waals surface area contributed by atoms with E-state index in [1.807, 2.05) is 71.5 Å². The molecule has 0 saturated carbocycles. The average Bonchev–Trinajstić information content (AvgIpc) is 3.87. The number of nitrogens with zero attached hydrogens (tertiary/aromatic N) is 7. The standard InChI is InChI=1S/C18H17ClN4O2.C17H15ClN4O2/c1-22-9-11(16-14(22)8-15(24-3)18(21-16)25-4)13-7-10-12(19)5-6-20-17(10)23(13)2;1-22-8-10(12-6-9-11(18)4-5-19-16(9)20-12)15-13(22)7-14(23-2)17(21-15)24-3/h5-9H,1-4H3;4-8H,1-3H3,(H,19,20). The Balaban J connectivity index is 0.000000154. The van der Waals surface area contributed by atoms with Gasteiger partial charge in [-0.25, -0.2) is 19.9 Å². The van der Waals surface area contributed by atoms with E-state index in [9.17, 15) is 0 Å². The first-order valence-electron chi connectivity index (χ1n) is 15.1. The van der Waals surface area contributed by atoms with Gasteiger partial charge in [0, 0.05) is 80.0 Å². The van der Waals surface area contributed by atoms with Crippen LogP contribution >= 0.6 is 23.2 Å². The maximum absolute atomic E-state index is 6.33. The summed E-state index contributed by atoms with van der Waals surface area (Å²) in [7, 11) is 12.3. The van der Waals surface area contributed by atoms with Crippen molar-refractivity contribution in [3.05, 3.63) is 71.2 Å². The van der Waals surface area contributed by atoms with E-state index in [-0.39, 0.29) is 0 Å². The fraction of sp³-hybridized carbons (Fsp3) is 0.200. The van der Waals surface area contributed by atoms with E-state index in [2.05, 4.69) is 24.9 Å². The lowest BCUT2D eigenvalue weighted by atomic mass is 10.2. The third-order valence-electron chi connectivity index (χ3n) is 8.53. The Hall–Kier alpha value is -5.46. The Labute approximate surface area is 290 Å². The number of aromatic amines is 1. The highest BCUT2D eigenvalue weighted by atomic mass is 35.5. The molecule has 0 spiro atoms. The van der Waals surface area contributed by atoms with Gasteiger partial charge >= 0.3 is 0 Å².